The second-order valence-corrected chi connectivity index (χ2v) is 5.26. The van der Waals surface area contributed by atoms with E-state index in [1.54, 1.807) is 6.92 Å². The number of likely N-dealkylation sites (tertiary alicyclic amines) is 1. The van der Waals surface area contributed by atoms with Gasteiger partial charge in [-0.15, -0.1) is 0 Å². The molecule has 6 nitrogen and oxygen atoms in total. The third-order valence-corrected chi connectivity index (χ3v) is 3.77. The summed E-state index contributed by atoms with van der Waals surface area (Å²) in [6.45, 7) is 7.62. The minimum Gasteiger partial charge on any atom is -0.340 e. The van der Waals surface area contributed by atoms with E-state index in [4.69, 9.17) is 4.52 Å². The van der Waals surface area contributed by atoms with Gasteiger partial charge in [-0.2, -0.15) is 4.98 Å². The van der Waals surface area contributed by atoms with Gasteiger partial charge in [0.1, 0.15) is 0 Å². The normalized spacial score (nSPS) is 19.9. The molecule has 1 fully saturated rings. The van der Waals surface area contributed by atoms with Gasteiger partial charge < -0.3 is 9.42 Å². The van der Waals surface area contributed by atoms with Crippen LogP contribution in [0, 0.1) is 6.92 Å². The molecule has 1 aliphatic heterocycles. The molecule has 0 radical (unpaired) electrons. The largest absolute Gasteiger partial charge is 0.340 e. The highest BCUT2D eigenvalue weighted by atomic mass is 16.5. The van der Waals surface area contributed by atoms with Gasteiger partial charge in [-0.3, -0.25) is 9.69 Å². The van der Waals surface area contributed by atoms with Crippen LogP contribution in [0.1, 0.15) is 31.0 Å². The minimum absolute atomic E-state index is 0.0297. The predicted molar refractivity (Wildman–Crippen MR) is 74.9 cm³/mol. The molecule has 0 aromatic carbocycles. The molecular formula is C14H22N4O2. The second kappa shape index (κ2) is 6.65. The zero-order valence-electron chi connectivity index (χ0n) is 12.2. The van der Waals surface area contributed by atoms with Crippen molar-refractivity contribution in [1.29, 1.82) is 0 Å². The van der Waals surface area contributed by atoms with Crippen molar-refractivity contribution in [1.82, 2.24) is 19.9 Å². The standard InChI is InChI=1S/C14H22N4O2/c1-4-14(19)18-8-5-6-12(7-9-18)17(3)10-13-15-11(2)20-16-13/h4,12H,1,5-10H2,2-3H3. The fourth-order valence-corrected chi connectivity index (χ4v) is 2.63. The van der Waals surface area contributed by atoms with Gasteiger partial charge in [-0.25, -0.2) is 0 Å². The van der Waals surface area contributed by atoms with E-state index in [1.807, 2.05) is 4.90 Å². The molecule has 0 spiro atoms. The number of amides is 1. The molecule has 0 bridgehead atoms. The van der Waals surface area contributed by atoms with Crippen LogP contribution in [0.15, 0.2) is 17.2 Å². The summed E-state index contributed by atoms with van der Waals surface area (Å²) in [6.07, 6.45) is 4.45. The summed E-state index contributed by atoms with van der Waals surface area (Å²) in [5.74, 6) is 1.34. The maximum absolute atomic E-state index is 11.7. The highest BCUT2D eigenvalue weighted by Crippen LogP contribution is 2.17. The van der Waals surface area contributed by atoms with Gasteiger partial charge >= 0.3 is 0 Å². The van der Waals surface area contributed by atoms with Gasteiger partial charge in [0.25, 0.3) is 0 Å². The zero-order valence-corrected chi connectivity index (χ0v) is 12.2. The van der Waals surface area contributed by atoms with E-state index in [0.29, 0.717) is 24.3 Å². The Balaban J connectivity index is 1.89. The van der Waals surface area contributed by atoms with E-state index in [1.165, 1.54) is 6.08 Å². The molecule has 2 rings (SSSR count). The SMILES string of the molecule is C=CC(=O)N1CCCC(N(C)Cc2noc(C)n2)CC1. The van der Waals surface area contributed by atoms with Crippen LogP contribution in [-0.2, 0) is 11.3 Å². The van der Waals surface area contributed by atoms with Crippen LogP contribution >= 0.6 is 0 Å². The summed E-state index contributed by atoms with van der Waals surface area (Å²) in [7, 11) is 2.07. The smallest absolute Gasteiger partial charge is 0.245 e. The van der Waals surface area contributed by atoms with Crippen LogP contribution in [0.25, 0.3) is 0 Å². The monoisotopic (exact) mass is 278 g/mol. The van der Waals surface area contributed by atoms with Crippen molar-refractivity contribution < 1.29 is 9.32 Å². The average Bonchev–Trinajstić information content (AvgIpc) is 2.70. The zero-order chi connectivity index (χ0) is 14.5. The van der Waals surface area contributed by atoms with Gasteiger partial charge in [0.2, 0.25) is 11.8 Å². The highest BCUT2D eigenvalue weighted by molar-refractivity contribution is 5.86. The van der Waals surface area contributed by atoms with Crippen molar-refractivity contribution in [2.45, 2.75) is 38.8 Å². The summed E-state index contributed by atoms with van der Waals surface area (Å²) >= 11 is 0. The Labute approximate surface area is 119 Å². The lowest BCUT2D eigenvalue weighted by Gasteiger charge is -2.25. The van der Waals surface area contributed by atoms with Gasteiger partial charge in [0.15, 0.2) is 5.82 Å². The van der Waals surface area contributed by atoms with Crippen molar-refractivity contribution in [2.24, 2.45) is 0 Å². The first-order chi connectivity index (χ1) is 9.60. The first-order valence-electron chi connectivity index (χ1n) is 7.01. The molecule has 1 unspecified atom stereocenters. The van der Waals surface area contributed by atoms with E-state index in [9.17, 15) is 4.79 Å². The molecule has 1 amide bonds. The lowest BCUT2D eigenvalue weighted by Crippen LogP contribution is -2.34. The van der Waals surface area contributed by atoms with E-state index in [-0.39, 0.29) is 5.91 Å². The molecule has 1 aromatic rings. The van der Waals surface area contributed by atoms with Crippen molar-refractivity contribution in [2.75, 3.05) is 20.1 Å². The van der Waals surface area contributed by atoms with Gasteiger partial charge in [0.05, 0.1) is 6.54 Å². The first-order valence-corrected chi connectivity index (χ1v) is 7.01. The molecule has 1 atom stereocenters. The number of carbonyl (C=O) groups is 1. The second-order valence-electron chi connectivity index (χ2n) is 5.26. The first kappa shape index (κ1) is 14.7. The molecule has 0 N–H and O–H groups in total. The number of nitrogens with zero attached hydrogens (tertiary/aromatic N) is 4. The van der Waals surface area contributed by atoms with Crippen molar-refractivity contribution in [3.63, 3.8) is 0 Å². The van der Waals surface area contributed by atoms with Crippen LogP contribution in [0.2, 0.25) is 0 Å². The summed E-state index contributed by atoms with van der Waals surface area (Å²) in [4.78, 5) is 20.0. The Bertz CT molecular complexity index is 471. The lowest BCUT2D eigenvalue weighted by molar-refractivity contribution is -0.126. The topological polar surface area (TPSA) is 62.5 Å². The van der Waals surface area contributed by atoms with Gasteiger partial charge in [-0.1, -0.05) is 11.7 Å². The van der Waals surface area contributed by atoms with Crippen LogP contribution < -0.4 is 0 Å². The van der Waals surface area contributed by atoms with Crippen LogP contribution in [-0.4, -0.2) is 52.0 Å². The maximum atomic E-state index is 11.7. The summed E-state index contributed by atoms with van der Waals surface area (Å²) < 4.78 is 4.99. The lowest BCUT2D eigenvalue weighted by atomic mass is 10.1. The summed E-state index contributed by atoms with van der Waals surface area (Å²) in [5, 5.41) is 3.92. The van der Waals surface area contributed by atoms with E-state index in [0.717, 1.165) is 32.4 Å². The highest BCUT2D eigenvalue weighted by Gasteiger charge is 2.22. The number of hydrogen-bond acceptors (Lipinski definition) is 5. The minimum atomic E-state index is 0.0297. The van der Waals surface area contributed by atoms with Crippen molar-refractivity contribution >= 4 is 5.91 Å². The maximum Gasteiger partial charge on any atom is 0.245 e. The van der Waals surface area contributed by atoms with Crippen LogP contribution in [0.3, 0.4) is 0 Å². The van der Waals surface area contributed by atoms with Gasteiger partial charge in [-0.05, 0) is 32.4 Å². The van der Waals surface area contributed by atoms with Crippen LogP contribution in [0.4, 0.5) is 0 Å². The van der Waals surface area contributed by atoms with E-state index in [2.05, 4.69) is 28.7 Å². The fraction of sp³-hybridized carbons (Fsp3) is 0.643. The summed E-state index contributed by atoms with van der Waals surface area (Å²) in [6, 6.07) is 0.441. The van der Waals surface area contributed by atoms with E-state index < -0.39 is 0 Å². The fourth-order valence-electron chi connectivity index (χ4n) is 2.63. The number of aromatic nitrogens is 2. The van der Waals surface area contributed by atoms with Gasteiger partial charge in [0, 0.05) is 26.1 Å². The molecule has 0 aliphatic carbocycles. The molecule has 1 aliphatic rings. The quantitative estimate of drug-likeness (QED) is 0.779. The molecule has 1 aromatic heterocycles. The number of carbonyl (C=O) groups excluding carboxylic acids is 1. The number of hydrogen-bond donors (Lipinski definition) is 0. The summed E-state index contributed by atoms with van der Waals surface area (Å²) in [5.41, 5.74) is 0. The molecule has 0 saturated carbocycles. The van der Waals surface area contributed by atoms with Crippen molar-refractivity contribution in [3.8, 4) is 0 Å². The third kappa shape index (κ3) is 3.66. The molecule has 6 heteroatoms. The molecule has 1 saturated heterocycles. The average molecular weight is 278 g/mol. The Morgan fingerprint density at radius 1 is 1.55 bits per heavy atom. The number of aryl methyl sites for hydroxylation is 1. The van der Waals surface area contributed by atoms with Crippen molar-refractivity contribution in [3.05, 3.63) is 24.4 Å². The predicted octanol–water partition coefficient (Wildman–Crippen LogP) is 1.38. The molecule has 110 valence electrons. The molecular weight excluding hydrogens is 256 g/mol. The molecule has 20 heavy (non-hydrogen) atoms. The van der Waals surface area contributed by atoms with Crippen LogP contribution in [0.5, 0.6) is 0 Å². The number of rotatable bonds is 4. The Morgan fingerprint density at radius 2 is 2.35 bits per heavy atom. The Hall–Kier alpha value is -1.69. The Morgan fingerprint density at radius 3 is 3.00 bits per heavy atom. The van der Waals surface area contributed by atoms with E-state index >= 15 is 0 Å². The Kier molecular flexibility index (Phi) is 4.89. The molecule has 2 heterocycles. The third-order valence-electron chi connectivity index (χ3n) is 3.77.